The second-order valence-corrected chi connectivity index (χ2v) is 5.33. The maximum Gasteiger partial charge on any atom is 0.241 e. The Bertz CT molecular complexity index is 667. The van der Waals surface area contributed by atoms with Gasteiger partial charge in [0.05, 0.1) is 6.04 Å². The zero-order chi connectivity index (χ0) is 16.7. The number of carbonyl (C=O) groups excluding carboxylic acids is 1. The van der Waals surface area contributed by atoms with E-state index in [-0.39, 0.29) is 30.7 Å². The highest BCUT2D eigenvalue weighted by atomic mass is 35.5. The van der Waals surface area contributed by atoms with Gasteiger partial charge in [-0.2, -0.15) is 0 Å². The summed E-state index contributed by atoms with van der Waals surface area (Å²) in [5.41, 5.74) is 7.33. The zero-order valence-electron chi connectivity index (χ0n) is 13.5. The Morgan fingerprint density at radius 1 is 1.25 bits per heavy atom. The van der Waals surface area contributed by atoms with Gasteiger partial charge in [-0.1, -0.05) is 31.5 Å². The van der Waals surface area contributed by atoms with Crippen LogP contribution in [0.4, 0.5) is 10.1 Å². The maximum absolute atomic E-state index is 13.1. The number of nitrogens with one attached hydrogen (secondary N) is 1. The lowest BCUT2D eigenvalue weighted by atomic mass is 10.1. The minimum absolute atomic E-state index is 0. The van der Waals surface area contributed by atoms with Gasteiger partial charge >= 0.3 is 0 Å². The number of carbonyl (C=O) groups is 1. The summed E-state index contributed by atoms with van der Waals surface area (Å²) in [5.74, 6) is -0.0760. The third-order valence-electron chi connectivity index (χ3n) is 3.33. The molecule has 4 nitrogen and oxygen atoms in total. The van der Waals surface area contributed by atoms with E-state index in [0.717, 1.165) is 12.0 Å². The number of halogens is 2. The van der Waals surface area contributed by atoms with E-state index >= 15 is 0 Å². The van der Waals surface area contributed by atoms with Crippen molar-refractivity contribution >= 4 is 24.0 Å². The van der Waals surface area contributed by atoms with Crippen molar-refractivity contribution in [2.75, 3.05) is 5.32 Å². The quantitative estimate of drug-likeness (QED) is 0.794. The molecule has 1 unspecified atom stereocenters. The molecule has 1 atom stereocenters. The molecule has 2 aromatic rings. The normalized spacial score (nSPS) is 11.3. The maximum atomic E-state index is 13.1. The van der Waals surface area contributed by atoms with Crippen molar-refractivity contribution in [2.24, 2.45) is 5.73 Å². The number of nitrogens with two attached hydrogens (primary N) is 1. The largest absolute Gasteiger partial charge is 0.489 e. The van der Waals surface area contributed by atoms with E-state index in [1.54, 1.807) is 18.2 Å². The molecule has 6 heteroatoms. The zero-order valence-corrected chi connectivity index (χ0v) is 14.3. The van der Waals surface area contributed by atoms with Gasteiger partial charge in [0.15, 0.2) is 0 Å². The smallest absolute Gasteiger partial charge is 0.241 e. The Balaban J connectivity index is 0.00000288. The molecule has 0 heterocycles. The molecular formula is C18H22ClFN2O2. The number of rotatable bonds is 7. The van der Waals surface area contributed by atoms with Gasteiger partial charge in [0.1, 0.15) is 18.2 Å². The van der Waals surface area contributed by atoms with Crippen LogP contribution in [0.15, 0.2) is 48.5 Å². The van der Waals surface area contributed by atoms with E-state index in [9.17, 15) is 9.18 Å². The van der Waals surface area contributed by atoms with Crippen LogP contribution in [0.5, 0.6) is 5.75 Å². The van der Waals surface area contributed by atoms with Crippen LogP contribution in [0.3, 0.4) is 0 Å². The molecule has 130 valence electrons. The lowest BCUT2D eigenvalue weighted by molar-refractivity contribution is -0.117. The van der Waals surface area contributed by atoms with Crippen LogP contribution in [0.2, 0.25) is 0 Å². The molecule has 1 amide bonds. The van der Waals surface area contributed by atoms with Crippen molar-refractivity contribution in [1.29, 1.82) is 0 Å². The van der Waals surface area contributed by atoms with Crippen LogP contribution in [-0.4, -0.2) is 11.9 Å². The molecule has 0 saturated heterocycles. The van der Waals surface area contributed by atoms with E-state index in [4.69, 9.17) is 10.5 Å². The number of anilines is 1. The van der Waals surface area contributed by atoms with Gasteiger partial charge in [0.2, 0.25) is 5.91 Å². The monoisotopic (exact) mass is 352 g/mol. The summed E-state index contributed by atoms with van der Waals surface area (Å²) in [6.07, 6.45) is 1.50. The molecule has 0 fully saturated rings. The molecule has 0 aliphatic carbocycles. The molecule has 0 radical (unpaired) electrons. The van der Waals surface area contributed by atoms with E-state index < -0.39 is 6.04 Å². The van der Waals surface area contributed by atoms with Gasteiger partial charge in [-0.05, 0) is 36.2 Å². The minimum Gasteiger partial charge on any atom is -0.489 e. The molecule has 0 aliphatic rings. The summed E-state index contributed by atoms with van der Waals surface area (Å²) >= 11 is 0. The third kappa shape index (κ3) is 6.18. The lowest BCUT2D eigenvalue weighted by Crippen LogP contribution is -2.35. The van der Waals surface area contributed by atoms with Gasteiger partial charge in [0, 0.05) is 11.8 Å². The average Bonchev–Trinajstić information content (AvgIpc) is 2.53. The van der Waals surface area contributed by atoms with Gasteiger partial charge < -0.3 is 15.8 Å². The summed E-state index contributed by atoms with van der Waals surface area (Å²) in [7, 11) is 0. The fourth-order valence-corrected chi connectivity index (χ4v) is 2.14. The summed E-state index contributed by atoms with van der Waals surface area (Å²) in [6.45, 7) is 2.27. The SMILES string of the molecule is CCCC(N)C(=O)Nc1cccc(COc2cccc(F)c2)c1.Cl. The van der Waals surface area contributed by atoms with Gasteiger partial charge in [0.25, 0.3) is 0 Å². The fraction of sp³-hybridized carbons (Fsp3) is 0.278. The molecule has 0 aliphatic heterocycles. The van der Waals surface area contributed by atoms with Crippen molar-refractivity contribution in [1.82, 2.24) is 0 Å². The second kappa shape index (κ2) is 9.90. The number of hydrogen-bond donors (Lipinski definition) is 2. The van der Waals surface area contributed by atoms with Gasteiger partial charge in [-0.15, -0.1) is 12.4 Å². The Hall–Kier alpha value is -2.11. The summed E-state index contributed by atoms with van der Waals surface area (Å²) < 4.78 is 18.6. The molecular weight excluding hydrogens is 331 g/mol. The Morgan fingerprint density at radius 3 is 2.71 bits per heavy atom. The lowest BCUT2D eigenvalue weighted by Gasteiger charge is -2.12. The average molecular weight is 353 g/mol. The Labute approximate surface area is 147 Å². The van der Waals surface area contributed by atoms with Crippen LogP contribution in [0.1, 0.15) is 25.3 Å². The highest BCUT2D eigenvalue weighted by molar-refractivity contribution is 5.94. The number of ether oxygens (including phenoxy) is 1. The molecule has 0 spiro atoms. The first kappa shape index (κ1) is 19.9. The number of benzene rings is 2. The highest BCUT2D eigenvalue weighted by Gasteiger charge is 2.12. The first-order chi connectivity index (χ1) is 11.1. The first-order valence-electron chi connectivity index (χ1n) is 7.62. The molecule has 0 saturated carbocycles. The first-order valence-corrected chi connectivity index (χ1v) is 7.62. The molecule has 0 bridgehead atoms. The van der Waals surface area contributed by atoms with Crippen molar-refractivity contribution in [3.8, 4) is 5.75 Å². The van der Waals surface area contributed by atoms with Crippen molar-refractivity contribution in [3.05, 3.63) is 59.9 Å². The Kier molecular flexibility index (Phi) is 8.22. The standard InChI is InChI=1S/C18H21FN2O2.ClH/c1-2-5-17(20)18(22)21-15-8-3-6-13(10-15)12-23-16-9-4-7-14(19)11-16;/h3-4,6-11,17H,2,5,12,20H2,1H3,(H,21,22);1H. The van der Waals surface area contributed by atoms with Crippen LogP contribution < -0.4 is 15.8 Å². The van der Waals surface area contributed by atoms with Crippen LogP contribution in [0, 0.1) is 5.82 Å². The summed E-state index contributed by atoms with van der Waals surface area (Å²) in [5, 5.41) is 2.79. The number of hydrogen-bond acceptors (Lipinski definition) is 3. The molecule has 3 N–H and O–H groups in total. The van der Waals surface area contributed by atoms with E-state index in [0.29, 0.717) is 17.9 Å². The predicted molar refractivity (Wildman–Crippen MR) is 95.9 cm³/mol. The second-order valence-electron chi connectivity index (χ2n) is 5.33. The van der Waals surface area contributed by atoms with Crippen molar-refractivity contribution in [2.45, 2.75) is 32.4 Å². The van der Waals surface area contributed by atoms with E-state index in [1.165, 1.54) is 12.1 Å². The topological polar surface area (TPSA) is 64.4 Å². The van der Waals surface area contributed by atoms with Gasteiger partial charge in [-0.25, -0.2) is 4.39 Å². The Morgan fingerprint density at radius 2 is 2.00 bits per heavy atom. The van der Waals surface area contributed by atoms with Crippen LogP contribution >= 0.6 is 12.4 Å². The van der Waals surface area contributed by atoms with E-state index in [1.807, 2.05) is 25.1 Å². The summed E-state index contributed by atoms with van der Waals surface area (Å²) in [4.78, 5) is 11.9. The predicted octanol–water partition coefficient (Wildman–Crippen LogP) is 3.89. The highest BCUT2D eigenvalue weighted by Crippen LogP contribution is 2.16. The summed E-state index contributed by atoms with van der Waals surface area (Å²) in [6, 6.07) is 12.8. The van der Waals surface area contributed by atoms with Crippen LogP contribution in [0.25, 0.3) is 0 Å². The molecule has 2 rings (SSSR count). The van der Waals surface area contributed by atoms with E-state index in [2.05, 4.69) is 5.32 Å². The van der Waals surface area contributed by atoms with Crippen molar-refractivity contribution < 1.29 is 13.9 Å². The van der Waals surface area contributed by atoms with Gasteiger partial charge in [-0.3, -0.25) is 4.79 Å². The fourth-order valence-electron chi connectivity index (χ4n) is 2.14. The molecule has 2 aromatic carbocycles. The van der Waals surface area contributed by atoms with Crippen molar-refractivity contribution in [3.63, 3.8) is 0 Å². The van der Waals surface area contributed by atoms with Crippen LogP contribution in [-0.2, 0) is 11.4 Å². The third-order valence-corrected chi connectivity index (χ3v) is 3.33. The molecule has 0 aromatic heterocycles. The number of amides is 1. The minimum atomic E-state index is -0.507. The molecule has 24 heavy (non-hydrogen) atoms.